The third kappa shape index (κ3) is 2.80. The van der Waals surface area contributed by atoms with Gasteiger partial charge in [0.05, 0.1) is 29.9 Å². The van der Waals surface area contributed by atoms with Crippen molar-refractivity contribution in [2.75, 3.05) is 0 Å². The summed E-state index contributed by atoms with van der Waals surface area (Å²) in [5, 5.41) is 18.2. The summed E-state index contributed by atoms with van der Waals surface area (Å²) in [7, 11) is 0. The van der Waals surface area contributed by atoms with E-state index in [9.17, 15) is 19.1 Å². The van der Waals surface area contributed by atoms with E-state index in [-0.39, 0.29) is 18.7 Å². The van der Waals surface area contributed by atoms with Crippen LogP contribution < -0.4 is 0 Å². The standard InChI is InChI=1S/C18H16FN5O3/c1-9-13(5-11-3-4-12(19)6-14(11)20-9)17(25)24-8-16-22-21-10(2)23(16)7-15(24)18(26)27/h3-6,15H,7-8H2,1-2H3,(H,26,27). The van der Waals surface area contributed by atoms with Crippen LogP contribution in [0.5, 0.6) is 0 Å². The molecule has 1 atom stereocenters. The van der Waals surface area contributed by atoms with Crippen LogP contribution in [0.2, 0.25) is 0 Å². The Balaban J connectivity index is 1.77. The van der Waals surface area contributed by atoms with Crippen LogP contribution in [-0.4, -0.2) is 47.7 Å². The summed E-state index contributed by atoms with van der Waals surface area (Å²) < 4.78 is 15.1. The molecule has 0 fully saturated rings. The van der Waals surface area contributed by atoms with E-state index in [4.69, 9.17) is 0 Å². The number of benzene rings is 1. The van der Waals surface area contributed by atoms with Crippen molar-refractivity contribution in [3.63, 3.8) is 0 Å². The summed E-state index contributed by atoms with van der Waals surface area (Å²) in [6.45, 7) is 3.51. The molecule has 1 aliphatic heterocycles. The summed E-state index contributed by atoms with van der Waals surface area (Å²) in [6.07, 6.45) is 0. The average Bonchev–Trinajstić information content (AvgIpc) is 2.99. The fourth-order valence-electron chi connectivity index (χ4n) is 3.35. The number of pyridine rings is 1. The number of amides is 1. The third-order valence-corrected chi connectivity index (χ3v) is 4.80. The number of hydrogen-bond acceptors (Lipinski definition) is 5. The van der Waals surface area contributed by atoms with E-state index in [0.717, 1.165) is 0 Å². The number of aliphatic carboxylic acids is 1. The summed E-state index contributed by atoms with van der Waals surface area (Å²) in [6, 6.07) is 4.70. The van der Waals surface area contributed by atoms with Crippen molar-refractivity contribution < 1.29 is 19.1 Å². The van der Waals surface area contributed by atoms with E-state index < -0.39 is 23.7 Å². The van der Waals surface area contributed by atoms with Gasteiger partial charge in [0.15, 0.2) is 5.82 Å². The van der Waals surface area contributed by atoms with Gasteiger partial charge in [0.1, 0.15) is 17.7 Å². The first-order valence-corrected chi connectivity index (χ1v) is 8.34. The highest BCUT2D eigenvalue weighted by molar-refractivity contribution is 6.00. The lowest BCUT2D eigenvalue weighted by molar-refractivity contribution is -0.143. The van der Waals surface area contributed by atoms with Crippen molar-refractivity contribution in [3.05, 3.63) is 53.0 Å². The fraction of sp³-hybridized carbons (Fsp3) is 0.278. The number of carbonyl (C=O) groups excluding carboxylic acids is 1. The molecule has 4 rings (SSSR count). The van der Waals surface area contributed by atoms with Crippen LogP contribution in [0.4, 0.5) is 4.39 Å². The summed E-state index contributed by atoms with van der Waals surface area (Å²) >= 11 is 0. The molecule has 1 amide bonds. The Morgan fingerprint density at radius 3 is 2.74 bits per heavy atom. The average molecular weight is 369 g/mol. The Labute approximate surface area is 153 Å². The van der Waals surface area contributed by atoms with E-state index in [2.05, 4.69) is 15.2 Å². The molecular formula is C18H16FN5O3. The number of carboxylic acids is 1. The Hall–Kier alpha value is -3.36. The number of fused-ring (bicyclic) bond motifs is 2. The molecule has 0 radical (unpaired) electrons. The van der Waals surface area contributed by atoms with Crippen LogP contribution in [0.1, 0.15) is 27.7 Å². The van der Waals surface area contributed by atoms with Crippen LogP contribution >= 0.6 is 0 Å². The topological polar surface area (TPSA) is 101 Å². The normalized spacial score (nSPS) is 16.4. The summed E-state index contributed by atoms with van der Waals surface area (Å²) in [5.41, 5.74) is 1.13. The second-order valence-corrected chi connectivity index (χ2v) is 6.52. The molecule has 1 N–H and O–H groups in total. The monoisotopic (exact) mass is 369 g/mol. The molecule has 1 unspecified atom stereocenters. The lowest BCUT2D eigenvalue weighted by Gasteiger charge is -2.33. The summed E-state index contributed by atoms with van der Waals surface area (Å²) in [5.74, 6) is -0.827. The SMILES string of the molecule is Cc1nc2cc(F)ccc2cc1C(=O)N1Cc2nnc(C)n2CC1C(=O)O. The van der Waals surface area contributed by atoms with E-state index in [1.165, 1.54) is 17.0 Å². The Bertz CT molecular complexity index is 1090. The first-order chi connectivity index (χ1) is 12.8. The summed E-state index contributed by atoms with van der Waals surface area (Å²) in [4.78, 5) is 30.5. The van der Waals surface area contributed by atoms with Gasteiger partial charge >= 0.3 is 5.97 Å². The highest BCUT2D eigenvalue weighted by Gasteiger charge is 2.37. The predicted molar refractivity (Wildman–Crippen MR) is 92.5 cm³/mol. The molecule has 27 heavy (non-hydrogen) atoms. The molecular weight excluding hydrogens is 353 g/mol. The van der Waals surface area contributed by atoms with Crippen LogP contribution in [0.15, 0.2) is 24.3 Å². The lowest BCUT2D eigenvalue weighted by atomic mass is 10.1. The molecule has 0 spiro atoms. The van der Waals surface area contributed by atoms with Gasteiger partial charge in [0, 0.05) is 11.5 Å². The maximum Gasteiger partial charge on any atom is 0.328 e. The minimum absolute atomic E-state index is 0.0392. The second-order valence-electron chi connectivity index (χ2n) is 6.52. The van der Waals surface area contributed by atoms with Crippen LogP contribution in [0, 0.1) is 19.7 Å². The zero-order valence-corrected chi connectivity index (χ0v) is 14.7. The Kier molecular flexibility index (Phi) is 3.87. The van der Waals surface area contributed by atoms with Gasteiger partial charge in [0.25, 0.3) is 5.91 Å². The molecule has 1 aromatic carbocycles. The van der Waals surface area contributed by atoms with Crippen molar-refractivity contribution in [1.29, 1.82) is 0 Å². The van der Waals surface area contributed by atoms with E-state index in [1.54, 1.807) is 30.5 Å². The second kappa shape index (κ2) is 6.11. The largest absolute Gasteiger partial charge is 0.480 e. The molecule has 0 bridgehead atoms. The number of rotatable bonds is 2. The third-order valence-electron chi connectivity index (χ3n) is 4.80. The molecule has 9 heteroatoms. The zero-order chi connectivity index (χ0) is 19.3. The first-order valence-electron chi connectivity index (χ1n) is 8.34. The smallest absolute Gasteiger partial charge is 0.328 e. The fourth-order valence-corrected chi connectivity index (χ4v) is 3.35. The minimum Gasteiger partial charge on any atom is -0.480 e. The first kappa shape index (κ1) is 17.1. The molecule has 3 aromatic rings. The van der Waals surface area contributed by atoms with Gasteiger partial charge in [-0.15, -0.1) is 10.2 Å². The molecule has 1 aliphatic rings. The number of carbonyl (C=O) groups is 2. The van der Waals surface area contributed by atoms with Gasteiger partial charge in [-0.1, -0.05) is 0 Å². The quantitative estimate of drug-likeness (QED) is 0.738. The molecule has 3 heterocycles. The van der Waals surface area contributed by atoms with Crippen molar-refractivity contribution in [2.45, 2.75) is 33.0 Å². The number of aryl methyl sites for hydroxylation is 2. The molecule has 0 aliphatic carbocycles. The molecule has 138 valence electrons. The molecule has 0 saturated carbocycles. The highest BCUT2D eigenvalue weighted by atomic mass is 19.1. The van der Waals surface area contributed by atoms with Crippen molar-refractivity contribution in [1.82, 2.24) is 24.6 Å². The van der Waals surface area contributed by atoms with Crippen molar-refractivity contribution in [3.8, 4) is 0 Å². The van der Waals surface area contributed by atoms with Gasteiger partial charge in [-0.25, -0.2) is 9.18 Å². The number of nitrogens with zero attached hydrogens (tertiary/aromatic N) is 5. The van der Waals surface area contributed by atoms with Gasteiger partial charge < -0.3 is 14.6 Å². The highest BCUT2D eigenvalue weighted by Crippen LogP contribution is 2.24. The predicted octanol–water partition coefficient (Wildman–Crippen LogP) is 1.69. The molecule has 8 nitrogen and oxygen atoms in total. The number of carboxylic acid groups (broad SMARTS) is 1. The molecule has 2 aromatic heterocycles. The number of halogens is 1. The van der Waals surface area contributed by atoms with Gasteiger partial charge in [-0.3, -0.25) is 9.78 Å². The van der Waals surface area contributed by atoms with Crippen molar-refractivity contribution in [2.24, 2.45) is 0 Å². The van der Waals surface area contributed by atoms with Crippen LogP contribution in [0.25, 0.3) is 10.9 Å². The van der Waals surface area contributed by atoms with Crippen molar-refractivity contribution >= 4 is 22.8 Å². The van der Waals surface area contributed by atoms with Gasteiger partial charge in [-0.05, 0) is 32.0 Å². The number of hydrogen-bond donors (Lipinski definition) is 1. The maximum atomic E-state index is 13.4. The van der Waals surface area contributed by atoms with Crippen LogP contribution in [-0.2, 0) is 17.9 Å². The minimum atomic E-state index is -1.10. The lowest BCUT2D eigenvalue weighted by Crippen LogP contribution is -2.51. The Morgan fingerprint density at radius 1 is 1.22 bits per heavy atom. The van der Waals surface area contributed by atoms with E-state index in [0.29, 0.717) is 28.2 Å². The maximum absolute atomic E-state index is 13.4. The van der Waals surface area contributed by atoms with E-state index >= 15 is 0 Å². The van der Waals surface area contributed by atoms with E-state index in [1.807, 2.05) is 0 Å². The number of aromatic nitrogens is 4. The van der Waals surface area contributed by atoms with Gasteiger partial charge in [0.2, 0.25) is 0 Å². The Morgan fingerprint density at radius 2 is 2.00 bits per heavy atom. The zero-order valence-electron chi connectivity index (χ0n) is 14.7. The van der Waals surface area contributed by atoms with Crippen LogP contribution in [0.3, 0.4) is 0 Å². The van der Waals surface area contributed by atoms with Gasteiger partial charge in [-0.2, -0.15) is 0 Å². The molecule has 0 saturated heterocycles.